The van der Waals surface area contributed by atoms with Crippen LogP contribution in [0.3, 0.4) is 0 Å². The first-order valence-electron chi connectivity index (χ1n) is 11.0. The molecule has 0 saturated carbocycles. The van der Waals surface area contributed by atoms with E-state index in [1.807, 2.05) is 4.90 Å². The molecule has 2 atom stereocenters. The van der Waals surface area contributed by atoms with Gasteiger partial charge in [-0.3, -0.25) is 9.69 Å². The Balaban J connectivity index is 1.79. The van der Waals surface area contributed by atoms with Crippen LogP contribution >= 0.6 is 11.6 Å². The number of halogens is 1. The van der Waals surface area contributed by atoms with E-state index in [0.717, 1.165) is 12.8 Å². The van der Waals surface area contributed by atoms with E-state index in [1.54, 1.807) is 55.5 Å². The first-order chi connectivity index (χ1) is 15.3. The molecule has 6 nitrogen and oxygen atoms in total. The zero-order valence-corrected chi connectivity index (χ0v) is 20.1. The van der Waals surface area contributed by atoms with Crippen molar-refractivity contribution in [1.29, 1.82) is 0 Å². The van der Waals surface area contributed by atoms with Crippen LogP contribution < -0.4 is 4.74 Å². The molecule has 0 radical (unpaired) electrons. The van der Waals surface area contributed by atoms with Crippen molar-refractivity contribution in [2.45, 2.75) is 49.8 Å². The molecule has 8 heteroatoms. The summed E-state index contributed by atoms with van der Waals surface area (Å²) >= 11 is 5.89. The van der Waals surface area contributed by atoms with Crippen molar-refractivity contribution in [1.82, 2.24) is 4.90 Å². The van der Waals surface area contributed by atoms with Crippen LogP contribution in [0.25, 0.3) is 0 Å². The predicted molar refractivity (Wildman–Crippen MR) is 125 cm³/mol. The highest BCUT2D eigenvalue weighted by molar-refractivity contribution is 7.92. The van der Waals surface area contributed by atoms with Crippen molar-refractivity contribution in [3.8, 4) is 11.5 Å². The second kappa shape index (κ2) is 11.2. The molecule has 0 spiro atoms. The number of carbonyl (C=O) groups excluding carboxylic acids is 1. The van der Waals surface area contributed by atoms with Gasteiger partial charge in [0, 0.05) is 11.6 Å². The van der Waals surface area contributed by atoms with Gasteiger partial charge in [-0.15, -0.1) is 0 Å². The molecular weight excluding hydrogens is 450 g/mol. The summed E-state index contributed by atoms with van der Waals surface area (Å²) in [7, 11) is -3.67. The minimum atomic E-state index is -3.67. The Bertz CT molecular complexity index is 992. The molecule has 0 aromatic heterocycles. The van der Waals surface area contributed by atoms with E-state index >= 15 is 0 Å². The summed E-state index contributed by atoms with van der Waals surface area (Å²) in [4.78, 5) is 14.5. The molecule has 0 aliphatic carbocycles. The van der Waals surface area contributed by atoms with E-state index in [4.69, 9.17) is 21.1 Å². The quantitative estimate of drug-likeness (QED) is 0.454. The van der Waals surface area contributed by atoms with E-state index in [9.17, 15) is 13.2 Å². The zero-order valence-electron chi connectivity index (χ0n) is 18.5. The number of rotatable bonds is 9. The van der Waals surface area contributed by atoms with Gasteiger partial charge in [0.25, 0.3) is 0 Å². The summed E-state index contributed by atoms with van der Waals surface area (Å²) in [6.07, 6.45) is 2.74. The standard InChI is InChI=1S/C24H30ClNO5S/c1-3-5-15-26-16-14-18(24(27)30-4-2)17-23(26)32(28,29)22-12-10-21(11-13-22)31-20-8-6-19(25)7-9-20/h6-13,18,23H,3-5,14-17H2,1-2H3. The minimum Gasteiger partial charge on any atom is -0.466 e. The fraction of sp³-hybridized carbons (Fsp3) is 0.458. The Kier molecular flexibility index (Phi) is 8.57. The molecule has 2 aromatic carbocycles. The molecule has 2 aromatic rings. The average Bonchev–Trinajstić information content (AvgIpc) is 2.79. The summed E-state index contributed by atoms with van der Waals surface area (Å²) in [6, 6.07) is 13.4. The number of hydrogen-bond donors (Lipinski definition) is 0. The number of hydrogen-bond acceptors (Lipinski definition) is 6. The van der Waals surface area contributed by atoms with Crippen molar-refractivity contribution in [3.63, 3.8) is 0 Å². The number of piperidine rings is 1. The molecule has 3 rings (SSSR count). The summed E-state index contributed by atoms with van der Waals surface area (Å²) in [5.74, 6) is 0.428. The molecule has 1 fully saturated rings. The second-order valence-corrected chi connectivity index (χ2v) is 10.4. The molecule has 174 valence electrons. The van der Waals surface area contributed by atoms with Gasteiger partial charge in [0.1, 0.15) is 16.9 Å². The van der Waals surface area contributed by atoms with Crippen molar-refractivity contribution >= 4 is 27.4 Å². The fourth-order valence-corrected chi connectivity index (χ4v) is 5.93. The molecule has 0 amide bonds. The summed E-state index contributed by atoms with van der Waals surface area (Å²) in [5, 5.41) is -0.139. The third-order valence-corrected chi connectivity index (χ3v) is 8.02. The van der Waals surface area contributed by atoms with Crippen LogP contribution in [0.4, 0.5) is 0 Å². The summed E-state index contributed by atoms with van der Waals surface area (Å²) in [6.45, 7) is 5.38. The lowest BCUT2D eigenvalue weighted by Gasteiger charge is -2.38. The molecule has 1 heterocycles. The van der Waals surface area contributed by atoms with Crippen molar-refractivity contribution in [2.75, 3.05) is 19.7 Å². The van der Waals surface area contributed by atoms with Gasteiger partial charge >= 0.3 is 5.97 Å². The summed E-state index contributed by atoms with van der Waals surface area (Å²) in [5.41, 5.74) is 0. The van der Waals surface area contributed by atoms with Gasteiger partial charge in [0.05, 0.1) is 17.4 Å². The third kappa shape index (κ3) is 6.03. The Hall–Kier alpha value is -2.09. The Morgan fingerprint density at radius 2 is 1.69 bits per heavy atom. The van der Waals surface area contributed by atoms with Crippen LogP contribution in [0.1, 0.15) is 39.5 Å². The van der Waals surface area contributed by atoms with Gasteiger partial charge < -0.3 is 9.47 Å². The number of likely N-dealkylation sites (tertiary alicyclic amines) is 1. The van der Waals surface area contributed by atoms with E-state index in [-0.39, 0.29) is 17.3 Å². The second-order valence-electron chi connectivity index (χ2n) is 7.89. The molecule has 1 aliphatic rings. The molecule has 1 saturated heterocycles. The monoisotopic (exact) mass is 479 g/mol. The van der Waals surface area contributed by atoms with E-state index in [0.29, 0.717) is 42.6 Å². The number of carbonyl (C=O) groups is 1. The number of benzene rings is 2. The Morgan fingerprint density at radius 1 is 1.06 bits per heavy atom. The van der Waals surface area contributed by atoms with E-state index in [1.165, 1.54) is 0 Å². The highest BCUT2D eigenvalue weighted by Crippen LogP contribution is 2.32. The number of esters is 1. The minimum absolute atomic E-state index is 0.219. The zero-order chi connectivity index (χ0) is 23.1. The highest BCUT2D eigenvalue weighted by Gasteiger charge is 2.40. The maximum atomic E-state index is 13.5. The van der Waals surface area contributed by atoms with Gasteiger partial charge in [0.15, 0.2) is 9.84 Å². The molecule has 1 aliphatic heterocycles. The number of ether oxygens (including phenoxy) is 2. The molecule has 2 unspecified atom stereocenters. The molecule has 0 N–H and O–H groups in total. The van der Waals surface area contributed by atoms with E-state index in [2.05, 4.69) is 6.92 Å². The number of unbranched alkanes of at least 4 members (excludes halogenated alkanes) is 1. The van der Waals surface area contributed by atoms with Crippen LogP contribution in [0.5, 0.6) is 11.5 Å². The van der Waals surface area contributed by atoms with Crippen molar-refractivity contribution < 1.29 is 22.7 Å². The molecule has 0 bridgehead atoms. The summed E-state index contributed by atoms with van der Waals surface area (Å²) < 4.78 is 38.0. The third-order valence-electron chi connectivity index (χ3n) is 5.64. The van der Waals surface area contributed by atoms with Crippen LogP contribution in [0.15, 0.2) is 53.4 Å². The van der Waals surface area contributed by atoms with Gasteiger partial charge in [-0.25, -0.2) is 8.42 Å². The van der Waals surface area contributed by atoms with E-state index < -0.39 is 21.1 Å². The fourth-order valence-electron chi connectivity index (χ4n) is 3.88. The smallest absolute Gasteiger partial charge is 0.309 e. The van der Waals surface area contributed by atoms with Crippen LogP contribution in [-0.4, -0.2) is 44.4 Å². The van der Waals surface area contributed by atoms with Gasteiger partial charge in [-0.2, -0.15) is 0 Å². The topological polar surface area (TPSA) is 72.9 Å². The van der Waals surface area contributed by atoms with Gasteiger partial charge in [-0.1, -0.05) is 24.9 Å². The van der Waals surface area contributed by atoms with Crippen LogP contribution in [0, 0.1) is 5.92 Å². The van der Waals surface area contributed by atoms with Crippen molar-refractivity contribution in [2.24, 2.45) is 5.92 Å². The lowest BCUT2D eigenvalue weighted by Crippen LogP contribution is -2.49. The molecular formula is C24H30ClNO5S. The van der Waals surface area contributed by atoms with Crippen LogP contribution in [-0.2, 0) is 19.4 Å². The normalized spacial score (nSPS) is 19.5. The lowest BCUT2D eigenvalue weighted by atomic mass is 9.96. The van der Waals surface area contributed by atoms with Gasteiger partial charge in [0.2, 0.25) is 0 Å². The maximum absolute atomic E-state index is 13.5. The number of sulfone groups is 1. The largest absolute Gasteiger partial charge is 0.466 e. The Labute approximate surface area is 195 Å². The van der Waals surface area contributed by atoms with Gasteiger partial charge in [-0.05, 0) is 81.3 Å². The first-order valence-corrected chi connectivity index (χ1v) is 13.0. The lowest BCUT2D eigenvalue weighted by molar-refractivity contribution is -0.149. The van der Waals surface area contributed by atoms with Crippen LogP contribution in [0.2, 0.25) is 5.02 Å². The van der Waals surface area contributed by atoms with Crippen molar-refractivity contribution in [3.05, 3.63) is 53.6 Å². The predicted octanol–water partition coefficient (Wildman–Crippen LogP) is 5.31. The highest BCUT2D eigenvalue weighted by atomic mass is 35.5. The molecule has 32 heavy (non-hydrogen) atoms. The Morgan fingerprint density at radius 3 is 2.28 bits per heavy atom. The SMILES string of the molecule is CCCCN1CCC(C(=O)OCC)CC1S(=O)(=O)c1ccc(Oc2ccc(Cl)cc2)cc1. The number of nitrogens with zero attached hydrogens (tertiary/aromatic N) is 1. The first kappa shape index (κ1) is 24.6. The maximum Gasteiger partial charge on any atom is 0.309 e. The average molecular weight is 480 g/mol.